The van der Waals surface area contributed by atoms with E-state index in [2.05, 4.69) is 4.74 Å². The van der Waals surface area contributed by atoms with Crippen LogP contribution in [0.4, 0.5) is 0 Å². The van der Waals surface area contributed by atoms with E-state index in [0.717, 1.165) is 11.1 Å². The van der Waals surface area contributed by atoms with Crippen molar-refractivity contribution in [3.63, 3.8) is 0 Å². The number of cyclic esters (lactones) is 1. The van der Waals surface area contributed by atoms with Gasteiger partial charge in [0.25, 0.3) is 0 Å². The molecule has 0 bridgehead atoms. The van der Waals surface area contributed by atoms with Gasteiger partial charge in [0.2, 0.25) is 5.76 Å². The molecule has 0 N–H and O–H groups in total. The van der Waals surface area contributed by atoms with Gasteiger partial charge in [-0.2, -0.15) is 0 Å². The monoisotopic (exact) mass is 372 g/mol. The van der Waals surface area contributed by atoms with Gasteiger partial charge in [0, 0.05) is 11.6 Å². The molecule has 5 nitrogen and oxygen atoms in total. The standard InChI is InChI=1S/C23H16O5/c1-26-22(24)18-13-12-17(27-18)14-19-20(15-8-4-2-5-9-15)21(23(25)28-19)16-10-6-3-7-11-16/h2-14H,1H3/b19-14-. The van der Waals surface area contributed by atoms with Crippen LogP contribution in [0.3, 0.4) is 0 Å². The first kappa shape index (κ1) is 17.5. The molecule has 0 unspecified atom stereocenters. The van der Waals surface area contributed by atoms with Gasteiger partial charge < -0.3 is 13.9 Å². The normalized spacial score (nSPS) is 15.0. The zero-order valence-corrected chi connectivity index (χ0v) is 15.0. The van der Waals surface area contributed by atoms with Gasteiger partial charge in [0.15, 0.2) is 0 Å². The number of carbonyl (C=O) groups excluding carboxylic acids is 2. The fraction of sp³-hybridized carbons (Fsp3) is 0.0435. The van der Waals surface area contributed by atoms with Crippen LogP contribution in [0, 0.1) is 0 Å². The highest BCUT2D eigenvalue weighted by atomic mass is 16.5. The van der Waals surface area contributed by atoms with Crippen molar-refractivity contribution in [2.75, 3.05) is 7.11 Å². The molecular weight excluding hydrogens is 356 g/mol. The predicted octanol–water partition coefficient (Wildman–Crippen LogP) is 4.57. The van der Waals surface area contributed by atoms with Crippen LogP contribution in [-0.2, 0) is 14.3 Å². The highest BCUT2D eigenvalue weighted by Crippen LogP contribution is 2.40. The Morgan fingerprint density at radius 1 is 0.857 bits per heavy atom. The van der Waals surface area contributed by atoms with Crippen LogP contribution in [0.5, 0.6) is 0 Å². The maximum Gasteiger partial charge on any atom is 0.373 e. The van der Waals surface area contributed by atoms with Gasteiger partial charge in [0.1, 0.15) is 11.5 Å². The number of hydrogen-bond acceptors (Lipinski definition) is 5. The second kappa shape index (κ2) is 7.40. The van der Waals surface area contributed by atoms with Gasteiger partial charge in [-0.1, -0.05) is 60.7 Å². The van der Waals surface area contributed by atoms with E-state index in [-0.39, 0.29) is 5.76 Å². The summed E-state index contributed by atoms with van der Waals surface area (Å²) in [5, 5.41) is 0. The molecule has 1 aromatic heterocycles. The smallest absolute Gasteiger partial charge is 0.373 e. The molecule has 0 aliphatic carbocycles. The minimum Gasteiger partial charge on any atom is -0.463 e. The second-order valence-electron chi connectivity index (χ2n) is 6.07. The van der Waals surface area contributed by atoms with E-state index in [1.54, 1.807) is 12.1 Å². The van der Waals surface area contributed by atoms with Crippen molar-refractivity contribution in [3.05, 3.63) is 101 Å². The van der Waals surface area contributed by atoms with Gasteiger partial charge in [-0.05, 0) is 23.3 Å². The second-order valence-corrected chi connectivity index (χ2v) is 6.07. The molecule has 0 spiro atoms. The molecule has 1 aliphatic heterocycles. The molecule has 3 aromatic rings. The van der Waals surface area contributed by atoms with Gasteiger partial charge in [-0.3, -0.25) is 0 Å². The molecular formula is C23H16O5. The van der Waals surface area contributed by atoms with E-state index in [4.69, 9.17) is 9.15 Å². The van der Waals surface area contributed by atoms with Crippen molar-refractivity contribution in [3.8, 4) is 0 Å². The Hall–Kier alpha value is -3.86. The van der Waals surface area contributed by atoms with Crippen molar-refractivity contribution in [1.29, 1.82) is 0 Å². The first-order valence-electron chi connectivity index (χ1n) is 8.65. The van der Waals surface area contributed by atoms with Crippen LogP contribution in [0.15, 0.2) is 83.0 Å². The van der Waals surface area contributed by atoms with E-state index in [0.29, 0.717) is 22.7 Å². The summed E-state index contributed by atoms with van der Waals surface area (Å²) < 4.78 is 15.7. The van der Waals surface area contributed by atoms with E-state index in [1.165, 1.54) is 13.2 Å². The summed E-state index contributed by atoms with van der Waals surface area (Å²) in [5.41, 5.74) is 2.77. The fourth-order valence-electron chi connectivity index (χ4n) is 3.06. The lowest BCUT2D eigenvalue weighted by Gasteiger charge is -2.06. The molecule has 0 saturated heterocycles. The molecule has 138 valence electrons. The SMILES string of the molecule is COC(=O)c1ccc(/C=C2\OC(=O)C(c3ccccc3)=C2c2ccccc2)o1. The third kappa shape index (κ3) is 3.25. The molecule has 0 atom stereocenters. The summed E-state index contributed by atoms with van der Waals surface area (Å²) in [6.45, 7) is 0. The van der Waals surface area contributed by atoms with Gasteiger partial charge in [-0.15, -0.1) is 0 Å². The number of hydrogen-bond donors (Lipinski definition) is 0. The van der Waals surface area contributed by atoms with Crippen LogP contribution in [-0.4, -0.2) is 19.0 Å². The largest absolute Gasteiger partial charge is 0.463 e. The van der Waals surface area contributed by atoms with Crippen molar-refractivity contribution >= 4 is 29.2 Å². The molecule has 2 aromatic carbocycles. The molecule has 0 saturated carbocycles. The summed E-state index contributed by atoms with van der Waals surface area (Å²) in [7, 11) is 1.28. The first-order chi connectivity index (χ1) is 13.7. The van der Waals surface area contributed by atoms with Crippen LogP contribution >= 0.6 is 0 Å². The summed E-state index contributed by atoms with van der Waals surface area (Å²) in [6, 6.07) is 22.0. The molecule has 28 heavy (non-hydrogen) atoms. The number of rotatable bonds is 4. The summed E-state index contributed by atoms with van der Waals surface area (Å²) in [5.74, 6) is -0.188. The topological polar surface area (TPSA) is 65.7 Å². The van der Waals surface area contributed by atoms with Gasteiger partial charge in [0.05, 0.1) is 12.7 Å². The molecule has 5 heteroatoms. The van der Waals surface area contributed by atoms with Crippen LogP contribution in [0.2, 0.25) is 0 Å². The Balaban J connectivity index is 1.85. The number of allylic oxidation sites excluding steroid dienone is 1. The first-order valence-corrected chi connectivity index (χ1v) is 8.65. The van der Waals surface area contributed by atoms with E-state index < -0.39 is 11.9 Å². The Bertz CT molecular complexity index is 1090. The number of ether oxygens (including phenoxy) is 2. The molecule has 1 aliphatic rings. The minimum absolute atomic E-state index is 0.0761. The predicted molar refractivity (Wildman–Crippen MR) is 104 cm³/mol. The summed E-state index contributed by atoms with van der Waals surface area (Å²) >= 11 is 0. The Labute approximate surface area is 161 Å². The maximum absolute atomic E-state index is 12.7. The average molecular weight is 372 g/mol. The third-order valence-electron chi connectivity index (χ3n) is 4.31. The number of esters is 2. The Morgan fingerprint density at radius 3 is 2.07 bits per heavy atom. The lowest BCUT2D eigenvalue weighted by Crippen LogP contribution is -1.98. The number of furan rings is 1. The average Bonchev–Trinajstić information content (AvgIpc) is 3.33. The molecule has 0 radical (unpaired) electrons. The van der Waals surface area contributed by atoms with Crippen molar-refractivity contribution in [1.82, 2.24) is 0 Å². The highest BCUT2D eigenvalue weighted by Gasteiger charge is 2.32. The maximum atomic E-state index is 12.7. The summed E-state index contributed by atoms with van der Waals surface area (Å²) in [4.78, 5) is 24.3. The van der Waals surface area contributed by atoms with Crippen molar-refractivity contribution < 1.29 is 23.5 Å². The highest BCUT2D eigenvalue weighted by molar-refractivity contribution is 6.30. The van der Waals surface area contributed by atoms with Gasteiger partial charge >= 0.3 is 11.9 Å². The van der Waals surface area contributed by atoms with Crippen LogP contribution in [0.25, 0.3) is 17.2 Å². The van der Waals surface area contributed by atoms with E-state index >= 15 is 0 Å². The molecule has 4 rings (SSSR count). The van der Waals surface area contributed by atoms with Gasteiger partial charge in [-0.25, -0.2) is 9.59 Å². The molecule has 0 amide bonds. The zero-order chi connectivity index (χ0) is 19.5. The Kier molecular flexibility index (Phi) is 4.64. The summed E-state index contributed by atoms with van der Waals surface area (Å²) in [6.07, 6.45) is 1.60. The molecule has 2 heterocycles. The van der Waals surface area contributed by atoms with E-state index in [9.17, 15) is 9.59 Å². The van der Waals surface area contributed by atoms with Crippen LogP contribution < -0.4 is 0 Å². The fourth-order valence-corrected chi connectivity index (χ4v) is 3.06. The molecule has 0 fully saturated rings. The van der Waals surface area contributed by atoms with Crippen molar-refractivity contribution in [2.24, 2.45) is 0 Å². The lowest BCUT2D eigenvalue weighted by molar-refractivity contribution is -0.131. The van der Waals surface area contributed by atoms with E-state index in [1.807, 2.05) is 60.7 Å². The number of benzene rings is 2. The van der Waals surface area contributed by atoms with Crippen LogP contribution in [0.1, 0.15) is 27.4 Å². The number of carbonyl (C=O) groups is 2. The number of methoxy groups -OCH3 is 1. The minimum atomic E-state index is -0.572. The third-order valence-corrected chi connectivity index (χ3v) is 4.31. The quantitative estimate of drug-likeness (QED) is 0.628. The lowest BCUT2D eigenvalue weighted by atomic mass is 9.95. The Morgan fingerprint density at radius 2 is 1.46 bits per heavy atom. The zero-order valence-electron chi connectivity index (χ0n) is 15.0. The van der Waals surface area contributed by atoms with Crippen molar-refractivity contribution in [2.45, 2.75) is 0 Å².